The van der Waals surface area contributed by atoms with Gasteiger partial charge in [0.05, 0.1) is 18.5 Å². The average Bonchev–Trinajstić information content (AvgIpc) is 3.02. The van der Waals surface area contributed by atoms with E-state index >= 15 is 0 Å². The lowest BCUT2D eigenvalue weighted by molar-refractivity contribution is 0.0944. The fourth-order valence-corrected chi connectivity index (χ4v) is 2.49. The van der Waals surface area contributed by atoms with Crippen molar-refractivity contribution in [3.63, 3.8) is 0 Å². The zero-order valence-electron chi connectivity index (χ0n) is 13.7. The number of nitrogens with zero attached hydrogens (tertiary/aromatic N) is 4. The fourth-order valence-electron chi connectivity index (χ4n) is 2.31. The Morgan fingerprint density at radius 3 is 2.88 bits per heavy atom. The number of nitrogens with one attached hydrogen (secondary N) is 1. The van der Waals surface area contributed by atoms with Crippen molar-refractivity contribution in [2.45, 2.75) is 13.5 Å². The minimum atomic E-state index is -0.323. The zero-order chi connectivity index (χ0) is 17.8. The van der Waals surface area contributed by atoms with E-state index in [2.05, 4.69) is 20.5 Å². The molecule has 0 aliphatic heterocycles. The van der Waals surface area contributed by atoms with Crippen LogP contribution in [0.25, 0.3) is 5.69 Å². The quantitative estimate of drug-likeness (QED) is 0.758. The van der Waals surface area contributed by atoms with Gasteiger partial charge in [-0.05, 0) is 31.2 Å². The van der Waals surface area contributed by atoms with Gasteiger partial charge in [-0.1, -0.05) is 23.7 Å². The van der Waals surface area contributed by atoms with Gasteiger partial charge in [0.1, 0.15) is 0 Å². The molecule has 0 spiro atoms. The zero-order valence-corrected chi connectivity index (χ0v) is 14.5. The first-order valence-electron chi connectivity index (χ1n) is 7.54. The van der Waals surface area contributed by atoms with E-state index in [1.165, 1.54) is 11.9 Å². The van der Waals surface area contributed by atoms with E-state index in [4.69, 9.17) is 16.3 Å². The number of hydrogen-bond acceptors (Lipinski definition) is 5. The molecule has 3 aromatic rings. The molecule has 0 unspecified atom stereocenters. The Labute approximate surface area is 149 Å². The Hall–Kier alpha value is -2.93. The molecule has 0 fully saturated rings. The summed E-state index contributed by atoms with van der Waals surface area (Å²) >= 11 is 5.98. The third kappa shape index (κ3) is 3.77. The molecule has 2 aromatic heterocycles. The maximum absolute atomic E-state index is 12.4. The number of halogens is 1. The number of methoxy groups -OCH3 is 1. The number of aromatic nitrogens is 4. The smallest absolute Gasteiger partial charge is 0.274 e. The van der Waals surface area contributed by atoms with E-state index in [1.54, 1.807) is 37.4 Å². The van der Waals surface area contributed by atoms with Gasteiger partial charge in [-0.25, -0.2) is 4.98 Å². The van der Waals surface area contributed by atoms with Crippen LogP contribution in [0.5, 0.6) is 5.88 Å². The second-order valence-corrected chi connectivity index (χ2v) is 5.69. The molecule has 0 saturated heterocycles. The molecular formula is C17H16ClN5O2. The molecule has 0 aliphatic rings. The van der Waals surface area contributed by atoms with Crippen LogP contribution in [0.2, 0.25) is 5.02 Å². The Morgan fingerprint density at radius 1 is 1.28 bits per heavy atom. The van der Waals surface area contributed by atoms with Crippen LogP contribution in [0.3, 0.4) is 0 Å². The Morgan fingerprint density at radius 2 is 2.12 bits per heavy atom. The number of benzene rings is 1. The van der Waals surface area contributed by atoms with Crippen molar-refractivity contribution in [1.82, 2.24) is 25.3 Å². The van der Waals surface area contributed by atoms with Gasteiger partial charge in [0.15, 0.2) is 5.69 Å². The van der Waals surface area contributed by atoms with Crippen molar-refractivity contribution >= 4 is 17.5 Å². The number of ether oxygens (including phenoxy) is 1. The van der Waals surface area contributed by atoms with Crippen molar-refractivity contribution in [2.24, 2.45) is 0 Å². The number of rotatable bonds is 5. The lowest BCUT2D eigenvalue weighted by Gasteiger charge is -2.07. The molecule has 2 heterocycles. The summed E-state index contributed by atoms with van der Waals surface area (Å²) in [6.07, 6.45) is 1.63. The van der Waals surface area contributed by atoms with Crippen molar-refractivity contribution < 1.29 is 9.53 Å². The summed E-state index contributed by atoms with van der Waals surface area (Å²) in [6.45, 7) is 2.01. The first-order chi connectivity index (χ1) is 12.1. The van der Waals surface area contributed by atoms with E-state index in [9.17, 15) is 4.79 Å². The first-order valence-corrected chi connectivity index (χ1v) is 7.92. The Kier molecular flexibility index (Phi) is 4.95. The van der Waals surface area contributed by atoms with Gasteiger partial charge in [-0.3, -0.25) is 4.79 Å². The van der Waals surface area contributed by atoms with Crippen LogP contribution in [0.15, 0.2) is 42.6 Å². The largest absolute Gasteiger partial charge is 0.481 e. The summed E-state index contributed by atoms with van der Waals surface area (Å²) in [5.41, 5.74) is 2.24. The van der Waals surface area contributed by atoms with Gasteiger partial charge in [0.2, 0.25) is 5.88 Å². The van der Waals surface area contributed by atoms with Crippen molar-refractivity contribution in [3.8, 4) is 11.6 Å². The summed E-state index contributed by atoms with van der Waals surface area (Å²) in [5.74, 6) is 0.152. The molecule has 0 aliphatic carbocycles. The maximum Gasteiger partial charge on any atom is 0.274 e. The third-order valence-electron chi connectivity index (χ3n) is 3.52. The normalized spacial score (nSPS) is 10.5. The summed E-state index contributed by atoms with van der Waals surface area (Å²) in [5, 5.41) is 11.9. The Bertz CT molecular complexity index is 910. The van der Waals surface area contributed by atoms with E-state index in [1.807, 2.05) is 12.1 Å². The average molecular weight is 358 g/mol. The summed E-state index contributed by atoms with van der Waals surface area (Å²) in [4.78, 5) is 17.9. The molecule has 0 radical (unpaired) electrons. The van der Waals surface area contributed by atoms with Gasteiger partial charge < -0.3 is 10.1 Å². The first kappa shape index (κ1) is 16.9. The predicted octanol–water partition coefficient (Wildman–Crippen LogP) is 2.56. The van der Waals surface area contributed by atoms with Crippen LogP contribution in [0.1, 0.15) is 21.7 Å². The number of hydrogen-bond donors (Lipinski definition) is 1. The molecule has 1 N–H and O–H groups in total. The van der Waals surface area contributed by atoms with Gasteiger partial charge in [-0.15, -0.1) is 5.10 Å². The van der Waals surface area contributed by atoms with Crippen LogP contribution >= 0.6 is 11.6 Å². The van der Waals surface area contributed by atoms with Crippen LogP contribution in [0, 0.1) is 6.92 Å². The van der Waals surface area contributed by atoms with E-state index in [-0.39, 0.29) is 18.1 Å². The van der Waals surface area contributed by atoms with Crippen LogP contribution in [-0.2, 0) is 6.54 Å². The summed E-state index contributed by atoms with van der Waals surface area (Å²) < 4.78 is 5.17. The lowest BCUT2D eigenvalue weighted by Crippen LogP contribution is -2.24. The van der Waals surface area contributed by atoms with Crippen molar-refractivity contribution in [3.05, 3.63) is 64.6 Å². The number of pyridine rings is 1. The monoisotopic (exact) mass is 357 g/mol. The standard InChI is InChI=1S/C17H16ClN5O2/c1-11-15(22-23(21-11)14-7-3-6-13(18)9-14)16(24)20-10-12-5-4-8-19-17(12)25-2/h3-9H,10H2,1-2H3,(H,20,24). The minimum Gasteiger partial charge on any atom is -0.481 e. The second kappa shape index (κ2) is 7.31. The van der Waals surface area contributed by atoms with Crippen molar-refractivity contribution in [1.29, 1.82) is 0 Å². The molecule has 0 bridgehead atoms. The molecule has 25 heavy (non-hydrogen) atoms. The molecule has 7 nitrogen and oxygen atoms in total. The molecule has 8 heteroatoms. The van der Waals surface area contributed by atoms with Crippen LogP contribution in [0.4, 0.5) is 0 Å². The number of amides is 1. The van der Waals surface area contributed by atoms with Crippen molar-refractivity contribution in [2.75, 3.05) is 7.11 Å². The van der Waals surface area contributed by atoms with Gasteiger partial charge in [-0.2, -0.15) is 9.90 Å². The molecule has 0 saturated carbocycles. The van der Waals surface area contributed by atoms with E-state index in [0.717, 1.165) is 5.56 Å². The van der Waals surface area contributed by atoms with Gasteiger partial charge in [0.25, 0.3) is 5.91 Å². The molecule has 1 amide bonds. The van der Waals surface area contributed by atoms with Crippen LogP contribution in [-0.4, -0.2) is 33.0 Å². The summed E-state index contributed by atoms with van der Waals surface area (Å²) in [7, 11) is 1.54. The fraction of sp³-hybridized carbons (Fsp3) is 0.176. The van der Waals surface area contributed by atoms with Gasteiger partial charge >= 0.3 is 0 Å². The Balaban J connectivity index is 1.77. The molecule has 128 valence electrons. The highest BCUT2D eigenvalue weighted by atomic mass is 35.5. The number of aryl methyl sites for hydroxylation is 1. The summed E-state index contributed by atoms with van der Waals surface area (Å²) in [6, 6.07) is 10.7. The molecule has 0 atom stereocenters. The molecule has 1 aromatic carbocycles. The topological polar surface area (TPSA) is 81.9 Å². The lowest BCUT2D eigenvalue weighted by atomic mass is 10.2. The number of carbonyl (C=O) groups is 1. The van der Waals surface area contributed by atoms with E-state index in [0.29, 0.717) is 22.3 Å². The van der Waals surface area contributed by atoms with E-state index < -0.39 is 0 Å². The SMILES string of the molecule is COc1ncccc1CNC(=O)c1nn(-c2cccc(Cl)c2)nc1C. The molecular weight excluding hydrogens is 342 g/mol. The highest BCUT2D eigenvalue weighted by Crippen LogP contribution is 2.15. The second-order valence-electron chi connectivity index (χ2n) is 5.26. The number of carbonyl (C=O) groups excluding carboxylic acids is 1. The van der Waals surface area contributed by atoms with Crippen LogP contribution < -0.4 is 10.1 Å². The maximum atomic E-state index is 12.4. The predicted molar refractivity (Wildman–Crippen MR) is 93.1 cm³/mol. The third-order valence-corrected chi connectivity index (χ3v) is 3.75. The minimum absolute atomic E-state index is 0.253. The highest BCUT2D eigenvalue weighted by Gasteiger charge is 2.17. The molecule has 3 rings (SSSR count). The highest BCUT2D eigenvalue weighted by molar-refractivity contribution is 6.30. The van der Waals surface area contributed by atoms with Gasteiger partial charge in [0, 0.05) is 23.3 Å².